The maximum absolute atomic E-state index is 14.5. The average Bonchev–Trinajstić information content (AvgIpc) is 3.33. The number of hydrogen-bond acceptors (Lipinski definition) is 6. The Labute approximate surface area is 227 Å². The molecule has 3 aromatic rings. The molecule has 4 atom stereocenters. The second-order valence-corrected chi connectivity index (χ2v) is 11.0. The van der Waals surface area contributed by atoms with Gasteiger partial charge in [0.15, 0.2) is 0 Å². The summed E-state index contributed by atoms with van der Waals surface area (Å²) in [5.41, 5.74) is 1.68. The molecule has 1 aliphatic carbocycles. The highest BCUT2D eigenvalue weighted by Gasteiger charge is 2.40. The molecule has 5 rings (SSSR count). The fraction of sp³-hybridized carbons (Fsp3) is 0.500. The summed E-state index contributed by atoms with van der Waals surface area (Å²) in [6.45, 7) is 5.22. The molecule has 208 valence electrons. The van der Waals surface area contributed by atoms with Crippen molar-refractivity contribution in [3.05, 3.63) is 53.1 Å². The smallest absolute Gasteiger partial charge is 0.414 e. The second-order valence-electron chi connectivity index (χ2n) is 11.0. The van der Waals surface area contributed by atoms with Gasteiger partial charge >= 0.3 is 6.09 Å². The number of rotatable bonds is 5. The molecule has 0 saturated heterocycles. The number of methoxy groups -OCH3 is 2. The van der Waals surface area contributed by atoms with Gasteiger partial charge in [0, 0.05) is 29.1 Å². The topological polar surface area (TPSA) is 93.9 Å². The third-order valence-corrected chi connectivity index (χ3v) is 8.53. The number of halogens is 1. The van der Waals surface area contributed by atoms with Crippen molar-refractivity contribution in [2.45, 2.75) is 77.0 Å². The number of carbonyl (C=O) groups excluding carboxylic acids is 2. The minimum absolute atomic E-state index is 0.0433. The van der Waals surface area contributed by atoms with Crippen LogP contribution in [0, 0.1) is 11.7 Å². The number of ether oxygens (including phenoxy) is 2. The van der Waals surface area contributed by atoms with Crippen molar-refractivity contribution in [2.24, 2.45) is 5.92 Å². The molecule has 1 amide bonds. The molecule has 2 heterocycles. The van der Waals surface area contributed by atoms with Gasteiger partial charge < -0.3 is 19.1 Å². The number of carbonyl (C=O) groups is 2. The van der Waals surface area contributed by atoms with Crippen molar-refractivity contribution in [2.75, 3.05) is 19.1 Å². The number of anilines is 1. The van der Waals surface area contributed by atoms with Crippen LogP contribution in [0.3, 0.4) is 0 Å². The number of nitrogens with zero attached hydrogens (tertiary/aromatic N) is 3. The highest BCUT2D eigenvalue weighted by Crippen LogP contribution is 2.44. The van der Waals surface area contributed by atoms with Crippen molar-refractivity contribution in [1.82, 2.24) is 9.55 Å². The molecule has 1 N–H and O–H groups in total. The van der Waals surface area contributed by atoms with Crippen molar-refractivity contribution in [1.29, 1.82) is 0 Å². The van der Waals surface area contributed by atoms with E-state index in [1.807, 2.05) is 23.6 Å². The van der Waals surface area contributed by atoms with Gasteiger partial charge in [-0.15, -0.1) is 0 Å². The van der Waals surface area contributed by atoms with Crippen LogP contribution < -0.4 is 9.64 Å². The summed E-state index contributed by atoms with van der Waals surface area (Å²) in [6.07, 6.45) is 4.15. The Balaban J connectivity index is 1.76. The maximum Gasteiger partial charge on any atom is 0.414 e. The molecular formula is C30H36FN3O5. The minimum Gasteiger partial charge on any atom is -0.496 e. The lowest BCUT2D eigenvalue weighted by Gasteiger charge is -2.34. The lowest BCUT2D eigenvalue weighted by molar-refractivity contribution is -0.122. The van der Waals surface area contributed by atoms with E-state index in [9.17, 15) is 19.1 Å². The molecule has 0 radical (unpaired) electrons. The van der Waals surface area contributed by atoms with E-state index in [1.54, 1.807) is 18.7 Å². The van der Waals surface area contributed by atoms with E-state index in [-0.39, 0.29) is 29.3 Å². The molecule has 2 aliphatic rings. The molecule has 9 heteroatoms. The highest BCUT2D eigenvalue weighted by molar-refractivity contribution is 5.95. The summed E-state index contributed by atoms with van der Waals surface area (Å²) < 4.78 is 27.1. The van der Waals surface area contributed by atoms with Crippen LogP contribution >= 0.6 is 0 Å². The predicted molar refractivity (Wildman–Crippen MR) is 146 cm³/mol. The fourth-order valence-corrected chi connectivity index (χ4v) is 6.44. The first-order valence-electron chi connectivity index (χ1n) is 13.6. The Morgan fingerprint density at radius 3 is 2.62 bits per heavy atom. The van der Waals surface area contributed by atoms with Gasteiger partial charge in [-0.1, -0.05) is 6.42 Å². The molecule has 0 bridgehead atoms. The number of ketones is 1. The number of fused-ring (bicyclic) bond motifs is 3. The zero-order valence-electron chi connectivity index (χ0n) is 23.2. The van der Waals surface area contributed by atoms with Gasteiger partial charge in [0.1, 0.15) is 28.8 Å². The Bertz CT molecular complexity index is 1430. The third kappa shape index (κ3) is 4.56. The molecule has 8 nitrogen and oxygen atoms in total. The van der Waals surface area contributed by atoms with Crippen LogP contribution in [-0.4, -0.2) is 46.8 Å². The number of aromatic nitrogens is 2. The molecule has 1 aliphatic heterocycles. The second kappa shape index (κ2) is 10.3. The van der Waals surface area contributed by atoms with Crippen LogP contribution in [0.2, 0.25) is 0 Å². The molecule has 0 spiro atoms. The molecular weight excluding hydrogens is 501 g/mol. The van der Waals surface area contributed by atoms with E-state index in [1.165, 1.54) is 32.4 Å². The Morgan fingerprint density at radius 2 is 1.92 bits per heavy atom. The van der Waals surface area contributed by atoms with E-state index in [0.29, 0.717) is 29.9 Å². The maximum atomic E-state index is 14.5. The van der Waals surface area contributed by atoms with Gasteiger partial charge in [-0.25, -0.2) is 14.2 Å². The Hall–Kier alpha value is -3.46. The quantitative estimate of drug-likeness (QED) is 0.451. The van der Waals surface area contributed by atoms with E-state index in [0.717, 1.165) is 42.5 Å². The summed E-state index contributed by atoms with van der Waals surface area (Å²) in [7, 11) is 2.85. The predicted octanol–water partition coefficient (Wildman–Crippen LogP) is 5.67. The molecule has 1 saturated carbocycles. The molecule has 0 unspecified atom stereocenters. The van der Waals surface area contributed by atoms with Crippen LogP contribution in [0.25, 0.3) is 11.0 Å². The van der Waals surface area contributed by atoms with Crippen LogP contribution in [0.4, 0.5) is 14.9 Å². The molecule has 1 fully saturated rings. The largest absolute Gasteiger partial charge is 0.496 e. The van der Waals surface area contributed by atoms with Crippen molar-refractivity contribution in [3.8, 4) is 5.75 Å². The van der Waals surface area contributed by atoms with E-state index < -0.39 is 17.5 Å². The summed E-state index contributed by atoms with van der Waals surface area (Å²) in [6, 6.07) is 7.77. The van der Waals surface area contributed by atoms with Crippen LogP contribution in [0.1, 0.15) is 75.9 Å². The number of amides is 1. The summed E-state index contributed by atoms with van der Waals surface area (Å²) in [5.74, 6) is 0.286. The summed E-state index contributed by atoms with van der Waals surface area (Å²) in [5, 5.41) is 12.1. The lowest BCUT2D eigenvalue weighted by atomic mass is 9.83. The molecule has 1 aromatic heterocycles. The summed E-state index contributed by atoms with van der Waals surface area (Å²) in [4.78, 5) is 31.8. The monoisotopic (exact) mass is 537 g/mol. The van der Waals surface area contributed by atoms with Crippen molar-refractivity contribution < 1.29 is 28.6 Å². The normalized spacial score (nSPS) is 22.7. The standard InChI is InChI=1S/C30H36FN3O5/c1-17-9-11-22-24(33(17)29(36)39-5)12-13-25-27(22)32-28(34(25)21-8-6-7-19(15-21)18(2)35)30(3,37)23-16-20(31)10-14-26(23)38-4/h10,12-14,16-17,19,21,37H,6-9,11,15H2,1-5H3/t17-,19+,21+,30+/m0/s1. The van der Waals surface area contributed by atoms with Gasteiger partial charge in [-0.05, 0) is 83.2 Å². The number of imidazole rings is 1. The molecule has 2 aromatic carbocycles. The van der Waals surface area contributed by atoms with Gasteiger partial charge in [-0.2, -0.15) is 0 Å². The lowest BCUT2D eigenvalue weighted by Crippen LogP contribution is -2.42. The number of benzene rings is 2. The van der Waals surface area contributed by atoms with Gasteiger partial charge in [0.05, 0.1) is 30.9 Å². The van der Waals surface area contributed by atoms with Crippen LogP contribution in [0.5, 0.6) is 5.75 Å². The first-order chi connectivity index (χ1) is 18.6. The zero-order chi connectivity index (χ0) is 28.1. The first kappa shape index (κ1) is 27.1. The minimum atomic E-state index is -1.72. The van der Waals surface area contributed by atoms with Crippen LogP contribution in [0.15, 0.2) is 30.3 Å². The highest BCUT2D eigenvalue weighted by atomic mass is 19.1. The number of Topliss-reactive ketones (excluding diaryl/α,β-unsaturated/α-hetero) is 1. The van der Waals surface area contributed by atoms with E-state index in [4.69, 9.17) is 14.5 Å². The number of aliphatic hydroxyl groups is 1. The van der Waals surface area contributed by atoms with Gasteiger partial charge in [0.25, 0.3) is 0 Å². The first-order valence-corrected chi connectivity index (χ1v) is 13.6. The van der Waals surface area contributed by atoms with E-state index in [2.05, 4.69) is 0 Å². The van der Waals surface area contributed by atoms with Crippen molar-refractivity contribution in [3.63, 3.8) is 0 Å². The Kier molecular flexibility index (Phi) is 7.13. The fourth-order valence-electron chi connectivity index (χ4n) is 6.44. The summed E-state index contributed by atoms with van der Waals surface area (Å²) >= 11 is 0. The molecule has 39 heavy (non-hydrogen) atoms. The van der Waals surface area contributed by atoms with Crippen molar-refractivity contribution >= 4 is 28.6 Å². The number of hydrogen-bond donors (Lipinski definition) is 1. The Morgan fingerprint density at radius 1 is 1.15 bits per heavy atom. The van der Waals surface area contributed by atoms with E-state index >= 15 is 0 Å². The number of aryl methyl sites for hydroxylation is 1. The average molecular weight is 538 g/mol. The third-order valence-electron chi connectivity index (χ3n) is 8.53. The van der Waals surface area contributed by atoms with Gasteiger partial charge in [0.2, 0.25) is 0 Å². The zero-order valence-corrected chi connectivity index (χ0v) is 23.2. The van der Waals surface area contributed by atoms with Gasteiger partial charge in [-0.3, -0.25) is 9.69 Å². The SMILES string of the molecule is COC(=O)N1c2ccc3c(nc([C@](C)(O)c4cc(F)ccc4OC)n3[C@@H]3CCC[C@@H](C(C)=O)C3)c2CC[C@@H]1C. The van der Waals surface area contributed by atoms with Crippen LogP contribution in [-0.2, 0) is 21.6 Å².